The van der Waals surface area contributed by atoms with E-state index in [1.54, 1.807) is 18.2 Å². The molecule has 1 fully saturated rings. The fourth-order valence-corrected chi connectivity index (χ4v) is 2.55. The van der Waals surface area contributed by atoms with Crippen LogP contribution in [-0.2, 0) is 16.0 Å². The molecule has 3 rings (SSSR count). The van der Waals surface area contributed by atoms with Gasteiger partial charge in [0.15, 0.2) is 0 Å². The Labute approximate surface area is 108 Å². The van der Waals surface area contributed by atoms with Gasteiger partial charge in [-0.2, -0.15) is 0 Å². The summed E-state index contributed by atoms with van der Waals surface area (Å²) < 4.78 is 0. The molecule has 0 bridgehead atoms. The van der Waals surface area contributed by atoms with Crippen molar-refractivity contribution in [1.82, 2.24) is 10.9 Å². The second-order valence-electron chi connectivity index (χ2n) is 4.72. The molecule has 100 valence electrons. The number of hydrogen-bond acceptors (Lipinski definition) is 5. The summed E-state index contributed by atoms with van der Waals surface area (Å²) in [6.07, 6.45) is -0.848. The topological polar surface area (TPSA) is 111 Å². The number of nitrogens with one attached hydrogen (secondary N) is 3. The lowest BCUT2D eigenvalue weighted by Crippen LogP contribution is -2.33. The first-order valence-corrected chi connectivity index (χ1v) is 5.91. The summed E-state index contributed by atoms with van der Waals surface area (Å²) in [7, 11) is 0. The Morgan fingerprint density at radius 2 is 2.11 bits per heavy atom. The Hall–Kier alpha value is -1.96. The molecule has 0 aliphatic carbocycles. The van der Waals surface area contributed by atoms with E-state index < -0.39 is 24.2 Å². The van der Waals surface area contributed by atoms with Crippen LogP contribution >= 0.6 is 0 Å². The van der Waals surface area contributed by atoms with E-state index in [0.717, 1.165) is 16.8 Å². The first-order chi connectivity index (χ1) is 9.06. The monoisotopic (exact) mass is 263 g/mol. The Morgan fingerprint density at radius 1 is 1.32 bits per heavy atom. The molecule has 1 amide bonds. The third kappa shape index (κ3) is 1.97. The highest BCUT2D eigenvalue weighted by atomic mass is 16.4. The van der Waals surface area contributed by atoms with Gasteiger partial charge in [-0.3, -0.25) is 9.59 Å². The average Bonchev–Trinajstić information content (AvgIpc) is 2.89. The lowest BCUT2D eigenvalue weighted by atomic mass is 9.92. The Morgan fingerprint density at radius 3 is 2.84 bits per heavy atom. The number of carbonyl (C=O) groups is 2. The molecular weight excluding hydrogens is 250 g/mol. The molecule has 7 nitrogen and oxygen atoms in total. The van der Waals surface area contributed by atoms with Gasteiger partial charge >= 0.3 is 5.97 Å². The Bertz CT molecular complexity index is 560. The number of hydrogen-bond donors (Lipinski definition) is 5. The minimum Gasteiger partial charge on any atom is -0.481 e. The maximum absolute atomic E-state index is 11.3. The molecule has 1 aromatic carbocycles. The van der Waals surface area contributed by atoms with Crippen molar-refractivity contribution in [2.24, 2.45) is 5.92 Å². The van der Waals surface area contributed by atoms with Crippen molar-refractivity contribution >= 4 is 17.6 Å². The molecule has 0 aromatic heterocycles. The van der Waals surface area contributed by atoms with Gasteiger partial charge in [-0.15, -0.1) is 0 Å². The lowest BCUT2D eigenvalue weighted by molar-refractivity contribution is -0.145. The molecule has 5 N–H and O–H groups in total. The normalized spacial score (nSPS) is 29.1. The number of anilines is 1. The minimum atomic E-state index is -1.14. The Balaban J connectivity index is 1.93. The number of amides is 1. The van der Waals surface area contributed by atoms with Crippen molar-refractivity contribution in [2.75, 3.05) is 5.32 Å². The number of aliphatic hydroxyl groups excluding tert-OH is 1. The molecular formula is C12H13N3O4. The second-order valence-corrected chi connectivity index (χ2v) is 4.72. The van der Waals surface area contributed by atoms with E-state index in [-0.39, 0.29) is 5.91 Å². The van der Waals surface area contributed by atoms with Crippen LogP contribution in [-0.4, -0.2) is 28.3 Å². The van der Waals surface area contributed by atoms with Crippen LogP contribution in [0.1, 0.15) is 17.2 Å². The zero-order chi connectivity index (χ0) is 13.6. The van der Waals surface area contributed by atoms with E-state index in [9.17, 15) is 14.7 Å². The van der Waals surface area contributed by atoms with Crippen LogP contribution in [0.5, 0.6) is 0 Å². The maximum atomic E-state index is 11.3. The fourth-order valence-electron chi connectivity index (χ4n) is 2.55. The first-order valence-electron chi connectivity index (χ1n) is 5.91. The fraction of sp³-hybridized carbons (Fsp3) is 0.333. The first kappa shape index (κ1) is 12.1. The maximum Gasteiger partial charge on any atom is 0.312 e. The zero-order valence-electron chi connectivity index (χ0n) is 9.88. The van der Waals surface area contributed by atoms with Gasteiger partial charge in [0.2, 0.25) is 5.91 Å². The number of carbonyl (C=O) groups excluding carboxylic acids is 1. The Kier molecular flexibility index (Phi) is 2.74. The van der Waals surface area contributed by atoms with Gasteiger partial charge in [-0.1, -0.05) is 12.1 Å². The summed E-state index contributed by atoms with van der Waals surface area (Å²) >= 11 is 0. The summed E-state index contributed by atoms with van der Waals surface area (Å²) in [6, 6.07) is 4.76. The van der Waals surface area contributed by atoms with Gasteiger partial charge in [-0.05, 0) is 17.2 Å². The number of aliphatic carboxylic acids is 1. The van der Waals surface area contributed by atoms with Crippen LogP contribution in [0, 0.1) is 5.92 Å². The summed E-state index contributed by atoms with van der Waals surface area (Å²) in [4.78, 5) is 22.5. The summed E-state index contributed by atoms with van der Waals surface area (Å²) in [5.41, 5.74) is 7.62. The molecule has 19 heavy (non-hydrogen) atoms. The van der Waals surface area contributed by atoms with Gasteiger partial charge < -0.3 is 15.5 Å². The summed E-state index contributed by atoms with van der Waals surface area (Å²) in [6.45, 7) is 0. The van der Waals surface area contributed by atoms with Crippen LogP contribution in [0.4, 0.5) is 5.69 Å². The number of hydrazine groups is 1. The number of aliphatic hydroxyl groups is 1. The molecule has 3 unspecified atom stereocenters. The number of carboxylic acids is 1. The smallest absolute Gasteiger partial charge is 0.312 e. The van der Waals surface area contributed by atoms with Gasteiger partial charge in [0.25, 0.3) is 0 Å². The van der Waals surface area contributed by atoms with Crippen molar-refractivity contribution in [3.05, 3.63) is 29.3 Å². The molecule has 2 aliphatic rings. The van der Waals surface area contributed by atoms with Crippen LogP contribution in [0.3, 0.4) is 0 Å². The van der Waals surface area contributed by atoms with E-state index in [0.29, 0.717) is 6.42 Å². The van der Waals surface area contributed by atoms with Gasteiger partial charge in [0, 0.05) is 5.69 Å². The zero-order valence-corrected chi connectivity index (χ0v) is 9.88. The summed E-state index contributed by atoms with van der Waals surface area (Å²) in [5.74, 6) is -2.12. The second kappa shape index (κ2) is 4.30. The van der Waals surface area contributed by atoms with Crippen LogP contribution in [0.15, 0.2) is 18.2 Å². The van der Waals surface area contributed by atoms with Crippen molar-refractivity contribution < 1.29 is 19.8 Å². The van der Waals surface area contributed by atoms with Crippen molar-refractivity contribution in [1.29, 1.82) is 0 Å². The van der Waals surface area contributed by atoms with Gasteiger partial charge in [0.1, 0.15) is 12.1 Å². The van der Waals surface area contributed by atoms with E-state index in [2.05, 4.69) is 16.2 Å². The lowest BCUT2D eigenvalue weighted by Gasteiger charge is -2.17. The molecule has 2 heterocycles. The van der Waals surface area contributed by atoms with Crippen molar-refractivity contribution in [3.63, 3.8) is 0 Å². The van der Waals surface area contributed by atoms with Crippen LogP contribution in [0.25, 0.3) is 0 Å². The molecule has 1 saturated heterocycles. The standard InChI is InChI=1S/C12H13N3O4/c16-8-4-6-3-5(1-2-7(6)13-8)10-9(12(18)19)11(17)15-14-10/h1-3,9-11,14-15,17H,4H2,(H,13,16)(H,18,19). The van der Waals surface area contributed by atoms with E-state index in [1.165, 1.54) is 0 Å². The third-order valence-corrected chi connectivity index (χ3v) is 3.48. The number of fused-ring (bicyclic) bond motifs is 1. The predicted molar refractivity (Wildman–Crippen MR) is 64.9 cm³/mol. The molecule has 7 heteroatoms. The number of rotatable bonds is 2. The SMILES string of the molecule is O=C1Cc2cc(C3NNC(O)C3C(=O)O)ccc2N1. The predicted octanol–water partition coefficient (Wildman–Crippen LogP) is -0.651. The number of carboxylic acid groups (broad SMARTS) is 1. The minimum absolute atomic E-state index is 0.0699. The molecule has 0 spiro atoms. The van der Waals surface area contributed by atoms with Crippen LogP contribution < -0.4 is 16.2 Å². The molecule has 0 radical (unpaired) electrons. The molecule has 3 atom stereocenters. The van der Waals surface area contributed by atoms with Gasteiger partial charge in [0.05, 0.1) is 12.5 Å². The van der Waals surface area contributed by atoms with Crippen LogP contribution in [0.2, 0.25) is 0 Å². The largest absolute Gasteiger partial charge is 0.481 e. The van der Waals surface area contributed by atoms with Crippen molar-refractivity contribution in [3.8, 4) is 0 Å². The third-order valence-electron chi connectivity index (χ3n) is 3.48. The highest BCUT2D eigenvalue weighted by molar-refractivity contribution is 5.99. The quantitative estimate of drug-likeness (QED) is 0.485. The average molecular weight is 263 g/mol. The van der Waals surface area contributed by atoms with E-state index in [4.69, 9.17) is 5.11 Å². The highest BCUT2D eigenvalue weighted by Crippen LogP contribution is 2.32. The van der Waals surface area contributed by atoms with E-state index in [1.807, 2.05) is 0 Å². The highest BCUT2D eigenvalue weighted by Gasteiger charge is 2.41. The van der Waals surface area contributed by atoms with E-state index >= 15 is 0 Å². The molecule has 1 aromatic rings. The van der Waals surface area contributed by atoms with Gasteiger partial charge in [-0.25, -0.2) is 10.9 Å². The van der Waals surface area contributed by atoms with Crippen molar-refractivity contribution in [2.45, 2.75) is 18.7 Å². The molecule has 0 saturated carbocycles. The molecule has 2 aliphatic heterocycles. The number of benzene rings is 1. The summed E-state index contributed by atoms with van der Waals surface area (Å²) in [5, 5.41) is 21.5.